The Bertz CT molecular complexity index is 483. The van der Waals surface area contributed by atoms with Crippen LogP contribution >= 0.6 is 15.9 Å². The van der Waals surface area contributed by atoms with Gasteiger partial charge in [0.1, 0.15) is 0 Å². The van der Waals surface area contributed by atoms with Crippen LogP contribution in [0.25, 0.3) is 0 Å². The summed E-state index contributed by atoms with van der Waals surface area (Å²) in [5.74, 6) is -0.330. The summed E-state index contributed by atoms with van der Waals surface area (Å²) in [6.07, 6.45) is 6.88. The van der Waals surface area contributed by atoms with Crippen molar-refractivity contribution in [3.8, 4) is 0 Å². The zero-order valence-electron chi connectivity index (χ0n) is 10.3. The van der Waals surface area contributed by atoms with Crippen molar-refractivity contribution in [2.45, 2.75) is 25.7 Å². The van der Waals surface area contributed by atoms with Crippen LogP contribution in [0.4, 0.5) is 5.69 Å². The second-order valence-electron chi connectivity index (χ2n) is 4.26. The van der Waals surface area contributed by atoms with Crippen LogP contribution in [0, 0.1) is 0 Å². The van der Waals surface area contributed by atoms with Crippen molar-refractivity contribution in [3.05, 3.63) is 40.0 Å². The lowest BCUT2D eigenvalue weighted by atomic mass is 10.0. The lowest BCUT2D eigenvalue weighted by Crippen LogP contribution is -2.07. The zero-order chi connectivity index (χ0) is 13.0. The Hall–Kier alpha value is -1.29. The highest BCUT2D eigenvalue weighted by molar-refractivity contribution is 9.10. The first kappa shape index (κ1) is 13.1. The third-order valence-corrected chi connectivity index (χ3v) is 3.84. The van der Waals surface area contributed by atoms with Crippen molar-refractivity contribution in [2.75, 3.05) is 12.4 Å². The van der Waals surface area contributed by atoms with E-state index in [1.54, 1.807) is 6.07 Å². The third kappa shape index (κ3) is 2.93. The SMILES string of the molecule is COC(=O)c1cccc(NC2=CCCCC2)c1Br. The summed E-state index contributed by atoms with van der Waals surface area (Å²) in [6.45, 7) is 0. The molecular formula is C14H16BrNO2. The predicted molar refractivity (Wildman–Crippen MR) is 75.7 cm³/mol. The number of benzene rings is 1. The Morgan fingerprint density at radius 2 is 2.22 bits per heavy atom. The van der Waals surface area contributed by atoms with Crippen molar-refractivity contribution >= 4 is 27.6 Å². The number of methoxy groups -OCH3 is 1. The molecule has 0 unspecified atom stereocenters. The Morgan fingerprint density at radius 1 is 1.39 bits per heavy atom. The van der Waals surface area contributed by atoms with Gasteiger partial charge in [-0.3, -0.25) is 0 Å². The predicted octanol–water partition coefficient (Wildman–Crippen LogP) is 4.11. The van der Waals surface area contributed by atoms with Gasteiger partial charge in [-0.1, -0.05) is 12.1 Å². The van der Waals surface area contributed by atoms with E-state index in [1.165, 1.54) is 25.6 Å². The van der Waals surface area contributed by atoms with Gasteiger partial charge in [-0.2, -0.15) is 0 Å². The number of nitrogens with one attached hydrogen (secondary N) is 1. The van der Waals surface area contributed by atoms with Gasteiger partial charge in [0.25, 0.3) is 0 Å². The number of carbonyl (C=O) groups excluding carboxylic acids is 1. The molecule has 0 saturated carbocycles. The fraction of sp³-hybridized carbons (Fsp3) is 0.357. The highest BCUT2D eigenvalue weighted by atomic mass is 79.9. The molecule has 18 heavy (non-hydrogen) atoms. The number of esters is 1. The highest BCUT2D eigenvalue weighted by Crippen LogP contribution is 2.29. The van der Waals surface area contributed by atoms with Gasteiger partial charge < -0.3 is 10.1 Å². The van der Waals surface area contributed by atoms with Crippen LogP contribution in [-0.2, 0) is 4.74 Å². The molecule has 1 N–H and O–H groups in total. The summed E-state index contributed by atoms with van der Waals surface area (Å²) < 4.78 is 5.50. The molecule has 1 aromatic carbocycles. The number of allylic oxidation sites excluding steroid dienone is 2. The number of carbonyl (C=O) groups is 1. The smallest absolute Gasteiger partial charge is 0.339 e. The zero-order valence-corrected chi connectivity index (χ0v) is 11.9. The summed E-state index contributed by atoms with van der Waals surface area (Å²) in [6, 6.07) is 5.55. The minimum Gasteiger partial charge on any atom is -0.465 e. The normalized spacial score (nSPS) is 14.9. The van der Waals surface area contributed by atoms with Gasteiger partial charge in [0.15, 0.2) is 0 Å². The van der Waals surface area contributed by atoms with E-state index in [9.17, 15) is 4.79 Å². The van der Waals surface area contributed by atoms with Gasteiger partial charge in [-0.05, 0) is 53.7 Å². The lowest BCUT2D eigenvalue weighted by Gasteiger charge is -2.17. The molecular weight excluding hydrogens is 294 g/mol. The summed E-state index contributed by atoms with van der Waals surface area (Å²) in [4.78, 5) is 11.6. The molecule has 1 aromatic rings. The summed E-state index contributed by atoms with van der Waals surface area (Å²) in [7, 11) is 1.39. The van der Waals surface area contributed by atoms with Crippen LogP contribution < -0.4 is 5.32 Å². The summed E-state index contributed by atoms with van der Waals surface area (Å²) in [5.41, 5.74) is 2.67. The number of anilines is 1. The first-order valence-corrected chi connectivity index (χ1v) is 6.84. The molecule has 3 nitrogen and oxygen atoms in total. The molecule has 0 radical (unpaired) electrons. The van der Waals surface area contributed by atoms with Crippen LogP contribution in [0.3, 0.4) is 0 Å². The first-order chi connectivity index (χ1) is 8.72. The van der Waals surface area contributed by atoms with Gasteiger partial charge >= 0.3 is 5.97 Å². The van der Waals surface area contributed by atoms with E-state index in [0.717, 1.165) is 23.0 Å². The van der Waals surface area contributed by atoms with E-state index in [-0.39, 0.29) is 5.97 Å². The van der Waals surface area contributed by atoms with Crippen molar-refractivity contribution in [1.82, 2.24) is 0 Å². The van der Waals surface area contributed by atoms with Crippen LogP contribution in [-0.4, -0.2) is 13.1 Å². The molecule has 0 spiro atoms. The minimum atomic E-state index is -0.330. The van der Waals surface area contributed by atoms with Crippen molar-refractivity contribution < 1.29 is 9.53 Å². The first-order valence-electron chi connectivity index (χ1n) is 6.05. The summed E-state index contributed by atoms with van der Waals surface area (Å²) >= 11 is 3.46. The number of rotatable bonds is 3. The molecule has 0 heterocycles. The molecule has 2 rings (SSSR count). The van der Waals surface area contributed by atoms with Crippen LogP contribution in [0.15, 0.2) is 34.4 Å². The molecule has 0 atom stereocenters. The largest absolute Gasteiger partial charge is 0.465 e. The van der Waals surface area contributed by atoms with Gasteiger partial charge in [0.05, 0.1) is 22.8 Å². The maximum atomic E-state index is 11.6. The van der Waals surface area contributed by atoms with Crippen molar-refractivity contribution in [3.63, 3.8) is 0 Å². The fourth-order valence-corrected chi connectivity index (χ4v) is 2.55. The molecule has 96 valence electrons. The van der Waals surface area contributed by atoms with Crippen LogP contribution in [0.1, 0.15) is 36.0 Å². The molecule has 0 aromatic heterocycles. The van der Waals surface area contributed by atoms with Gasteiger partial charge in [0.2, 0.25) is 0 Å². The molecule has 4 heteroatoms. The fourth-order valence-electron chi connectivity index (χ4n) is 2.02. The quantitative estimate of drug-likeness (QED) is 0.854. The standard InChI is InChI=1S/C14H16BrNO2/c1-18-14(17)11-8-5-9-12(13(11)15)16-10-6-3-2-4-7-10/h5-6,8-9,16H,2-4,7H2,1H3. The Morgan fingerprint density at radius 3 is 2.89 bits per heavy atom. The minimum absolute atomic E-state index is 0.330. The molecule has 0 bridgehead atoms. The molecule has 0 aliphatic heterocycles. The number of halogens is 1. The maximum absolute atomic E-state index is 11.6. The van der Waals surface area contributed by atoms with E-state index in [4.69, 9.17) is 4.74 Å². The van der Waals surface area contributed by atoms with Crippen LogP contribution in [0.2, 0.25) is 0 Å². The maximum Gasteiger partial charge on any atom is 0.339 e. The van der Waals surface area contributed by atoms with Gasteiger partial charge in [-0.25, -0.2) is 4.79 Å². The lowest BCUT2D eigenvalue weighted by molar-refractivity contribution is 0.0600. The number of hydrogen-bond acceptors (Lipinski definition) is 3. The molecule has 0 saturated heterocycles. The molecule has 1 aliphatic carbocycles. The number of hydrogen-bond donors (Lipinski definition) is 1. The molecule has 0 amide bonds. The Balaban J connectivity index is 2.23. The van der Waals surface area contributed by atoms with Crippen LogP contribution in [0.5, 0.6) is 0 Å². The van der Waals surface area contributed by atoms with E-state index < -0.39 is 0 Å². The molecule has 1 aliphatic rings. The molecule has 0 fully saturated rings. The summed E-state index contributed by atoms with van der Waals surface area (Å²) in [5, 5.41) is 3.37. The monoisotopic (exact) mass is 309 g/mol. The van der Waals surface area contributed by atoms with E-state index >= 15 is 0 Å². The van der Waals surface area contributed by atoms with Gasteiger partial charge in [-0.15, -0.1) is 0 Å². The highest BCUT2D eigenvalue weighted by Gasteiger charge is 2.14. The van der Waals surface area contributed by atoms with Crippen molar-refractivity contribution in [2.24, 2.45) is 0 Å². The second kappa shape index (κ2) is 6.05. The second-order valence-corrected chi connectivity index (χ2v) is 5.05. The van der Waals surface area contributed by atoms with E-state index in [2.05, 4.69) is 27.3 Å². The average Bonchev–Trinajstić information content (AvgIpc) is 2.41. The van der Waals surface area contributed by atoms with E-state index in [1.807, 2.05) is 12.1 Å². The number of ether oxygens (including phenoxy) is 1. The van der Waals surface area contributed by atoms with Gasteiger partial charge in [0, 0.05) is 5.70 Å². The van der Waals surface area contributed by atoms with Crippen molar-refractivity contribution in [1.29, 1.82) is 0 Å². The van der Waals surface area contributed by atoms with E-state index in [0.29, 0.717) is 5.56 Å². The third-order valence-electron chi connectivity index (χ3n) is 2.99. The average molecular weight is 310 g/mol. The Kier molecular flexibility index (Phi) is 4.42. The Labute approximate surface area is 115 Å². The topological polar surface area (TPSA) is 38.3 Å².